The summed E-state index contributed by atoms with van der Waals surface area (Å²) in [5.74, 6) is -0.172. The average molecular weight is 1140 g/mol. The molecule has 64 heavy (non-hydrogen) atoms. The van der Waals surface area contributed by atoms with Crippen LogP contribution in [-0.4, -0.2) is 58.7 Å². The number of hydrogen-bond donors (Lipinski definition) is 0. The van der Waals surface area contributed by atoms with Crippen molar-refractivity contribution in [2.75, 3.05) is 0 Å². The van der Waals surface area contributed by atoms with Crippen LogP contribution in [0.2, 0.25) is 0 Å². The molecule has 0 aliphatic rings. The molecule has 5 aromatic rings. The van der Waals surface area contributed by atoms with Gasteiger partial charge in [0.15, 0.2) is 0 Å². The molecule has 0 aliphatic carbocycles. The maximum atomic E-state index is 12.2. The van der Waals surface area contributed by atoms with Crippen molar-refractivity contribution in [3.63, 3.8) is 0 Å². The van der Waals surface area contributed by atoms with E-state index in [2.05, 4.69) is 50.6 Å². The quantitative estimate of drug-likeness (QED) is 0.0217. The number of rotatable bonds is 22. The second-order valence-corrected chi connectivity index (χ2v) is 40.0. The van der Waals surface area contributed by atoms with Crippen LogP contribution in [0.15, 0.2) is 240 Å². The summed E-state index contributed by atoms with van der Waals surface area (Å²) < 4.78 is 24.3. The van der Waals surface area contributed by atoms with Crippen molar-refractivity contribution in [2.45, 2.75) is 19.6 Å². The molecular weight excluding hydrogens is 1100 g/mol. The van der Waals surface area contributed by atoms with E-state index in [0.29, 0.717) is 23.0 Å². The van der Waals surface area contributed by atoms with E-state index in [-0.39, 0.29) is 0 Å². The minimum absolute atomic E-state index is 0.442. The van der Waals surface area contributed by atoms with Gasteiger partial charge in [0.1, 0.15) is 0 Å². The fourth-order valence-corrected chi connectivity index (χ4v) is 36.0. The molecule has 0 saturated carbocycles. The number of carbonyl (C=O) groups is 4. The van der Waals surface area contributed by atoms with Gasteiger partial charge < -0.3 is 0 Å². The number of allylic oxidation sites excluding steroid dienone is 8. The Morgan fingerprint density at radius 1 is 0.344 bits per heavy atom. The predicted molar refractivity (Wildman–Crippen MR) is 266 cm³/mol. The number of benzene rings is 5. The van der Waals surface area contributed by atoms with E-state index in [1.807, 2.05) is 83.9 Å². The van der Waals surface area contributed by atoms with Crippen LogP contribution < -0.4 is 26.0 Å². The zero-order valence-electron chi connectivity index (χ0n) is 34.1. The molecule has 0 atom stereocenters. The fourth-order valence-electron chi connectivity index (χ4n) is 4.79. The van der Waals surface area contributed by atoms with Crippen LogP contribution in [0.25, 0.3) is 0 Å². The summed E-state index contributed by atoms with van der Waals surface area (Å²) in [6, 6.07) is 38.9. The molecule has 0 heterocycles. The zero-order valence-corrected chi connectivity index (χ0v) is 42.5. The first-order valence-corrected chi connectivity index (χ1v) is 37.2. The molecule has 5 rings (SSSR count). The average Bonchev–Trinajstić information content (AvgIpc) is 3.31. The Morgan fingerprint density at radius 2 is 0.547 bits per heavy atom. The van der Waals surface area contributed by atoms with E-state index in [1.165, 1.54) is 79.9 Å². The van der Waals surface area contributed by atoms with Gasteiger partial charge in [-0.2, -0.15) is 0 Å². The number of ether oxygens (including phenoxy) is 4. The van der Waals surface area contributed by atoms with Gasteiger partial charge in [0.25, 0.3) is 0 Å². The van der Waals surface area contributed by atoms with E-state index in [9.17, 15) is 19.2 Å². The number of hydrogen-bond acceptors (Lipinski definition) is 12. The second-order valence-electron chi connectivity index (χ2n) is 12.3. The van der Waals surface area contributed by atoms with E-state index < -0.39 is 58.7 Å². The Bertz CT molecular complexity index is 2200. The van der Waals surface area contributed by atoms with Crippen molar-refractivity contribution < 1.29 is 38.1 Å². The van der Waals surface area contributed by atoms with Crippen molar-refractivity contribution in [2.24, 2.45) is 0 Å². The molecule has 8 nitrogen and oxygen atoms in total. The third-order valence-corrected chi connectivity index (χ3v) is 38.9. The standard InChI is InChI=1S/4C11H10O2S.C6H4.2Sb/c4*1-2-3-4-11(12)13-9-5-7-10(14)8-6-9;1-2-4-6-5-3-1;;/h4*2-8,14H,1H2;1-2,5-6H;;/q;;;;;2*+2/p-4. The van der Waals surface area contributed by atoms with Crippen molar-refractivity contribution in [3.8, 4) is 23.0 Å². The molecule has 0 aromatic heterocycles. The van der Waals surface area contributed by atoms with Crippen LogP contribution in [0, 0.1) is 0 Å². The first-order chi connectivity index (χ1) is 31.1. The van der Waals surface area contributed by atoms with Gasteiger partial charge in [-0.3, -0.25) is 0 Å². The molecule has 322 valence electrons. The summed E-state index contributed by atoms with van der Waals surface area (Å²) in [5, 5.41) is 0. The molecule has 0 bridgehead atoms. The van der Waals surface area contributed by atoms with Crippen LogP contribution in [0.4, 0.5) is 0 Å². The van der Waals surface area contributed by atoms with E-state index in [1.54, 1.807) is 48.5 Å². The molecular formula is C50H40O8S4Sb2. The van der Waals surface area contributed by atoms with E-state index >= 15 is 0 Å². The van der Waals surface area contributed by atoms with Gasteiger partial charge in [-0.05, 0) is 0 Å². The Morgan fingerprint density at radius 3 is 0.734 bits per heavy atom. The van der Waals surface area contributed by atoms with E-state index in [0.717, 1.165) is 19.6 Å². The van der Waals surface area contributed by atoms with Gasteiger partial charge in [-0.15, -0.1) is 0 Å². The summed E-state index contributed by atoms with van der Waals surface area (Å²) in [4.78, 5) is 52.8. The van der Waals surface area contributed by atoms with Gasteiger partial charge >= 0.3 is 402 Å². The van der Waals surface area contributed by atoms with Crippen molar-refractivity contribution in [3.05, 3.63) is 221 Å². The summed E-state index contributed by atoms with van der Waals surface area (Å²) in [6.45, 7) is 14.3. The maximum absolute atomic E-state index is 12.2. The Kier molecular flexibility index (Phi) is 21.3. The monoisotopic (exact) mass is 1140 g/mol. The van der Waals surface area contributed by atoms with Crippen molar-refractivity contribution >= 4 is 101 Å². The molecule has 14 heteroatoms. The normalized spacial score (nSPS) is 11.3. The topological polar surface area (TPSA) is 105 Å². The van der Waals surface area contributed by atoms with Crippen LogP contribution in [0.3, 0.4) is 0 Å². The molecule has 0 N–H and O–H groups in total. The first kappa shape index (κ1) is 49.9. The molecule has 0 unspecified atom stereocenters. The SMILES string of the molecule is C=CC=CC(=O)Oc1ccc([S][Sb]([S]c2ccc(OC(=O)C=CC=C)cc2)[c]2cc[c]([Sb]([S]c3ccc(OC(=O)C=CC=C)cc3)[S]c3ccc(OC(=O)C=CC=C)cc3)cc2)cc1. The van der Waals surface area contributed by atoms with Crippen LogP contribution in [0.5, 0.6) is 23.0 Å². The third kappa shape index (κ3) is 17.5. The first-order valence-electron chi connectivity index (χ1n) is 19.0. The Hall–Kier alpha value is -5.06. The molecule has 0 amide bonds. The van der Waals surface area contributed by atoms with Crippen molar-refractivity contribution in [1.29, 1.82) is 0 Å². The zero-order chi connectivity index (χ0) is 45.5. The fraction of sp³-hybridized carbons (Fsp3) is 0. The van der Waals surface area contributed by atoms with Crippen LogP contribution >= 0.6 is 35.4 Å². The van der Waals surface area contributed by atoms with Crippen LogP contribution in [-0.2, 0) is 19.2 Å². The van der Waals surface area contributed by atoms with Gasteiger partial charge in [0.05, 0.1) is 0 Å². The van der Waals surface area contributed by atoms with Gasteiger partial charge in [0.2, 0.25) is 0 Å². The molecule has 0 fully saturated rings. The summed E-state index contributed by atoms with van der Waals surface area (Å²) >= 11 is -5.02. The number of esters is 4. The summed E-state index contributed by atoms with van der Waals surface area (Å²) in [5.41, 5.74) is 0. The second kappa shape index (κ2) is 27.3. The molecule has 0 radical (unpaired) electrons. The van der Waals surface area contributed by atoms with Crippen molar-refractivity contribution in [1.82, 2.24) is 0 Å². The minimum atomic E-state index is -2.51. The van der Waals surface area contributed by atoms with Crippen LogP contribution in [0.1, 0.15) is 0 Å². The Balaban J connectivity index is 1.41. The number of carbonyl (C=O) groups excluding carboxylic acids is 4. The van der Waals surface area contributed by atoms with E-state index in [4.69, 9.17) is 18.9 Å². The molecule has 0 aliphatic heterocycles. The molecule has 5 aromatic carbocycles. The van der Waals surface area contributed by atoms with Gasteiger partial charge in [0, 0.05) is 0 Å². The summed E-state index contributed by atoms with van der Waals surface area (Å²) in [7, 11) is 7.32. The molecule has 0 saturated heterocycles. The molecule has 0 spiro atoms. The Labute approximate surface area is 398 Å². The summed E-state index contributed by atoms with van der Waals surface area (Å²) in [6.07, 6.45) is 17.4. The van der Waals surface area contributed by atoms with Gasteiger partial charge in [-0.25, -0.2) is 0 Å². The third-order valence-electron chi connectivity index (χ3n) is 7.67. The predicted octanol–water partition coefficient (Wildman–Crippen LogP) is 10.8. The van der Waals surface area contributed by atoms with Gasteiger partial charge in [-0.1, -0.05) is 0 Å².